The fourth-order valence-corrected chi connectivity index (χ4v) is 2.36. The average Bonchev–Trinajstić information content (AvgIpc) is 2.95. The van der Waals surface area contributed by atoms with Gasteiger partial charge in [0, 0.05) is 12.2 Å². The Morgan fingerprint density at radius 1 is 1.17 bits per heavy atom. The third kappa shape index (κ3) is 1.61. The van der Waals surface area contributed by atoms with Crippen LogP contribution in [-0.2, 0) is 22.4 Å². The number of hydrogen-bond acceptors (Lipinski definition) is 5. The molecule has 0 aliphatic carbocycles. The SMILES string of the molecule is COC(=O)c1c(C(=O)OC)c2n(c1C=O)CCC2. The first-order chi connectivity index (χ1) is 8.65. The number of carbonyl (C=O) groups excluding carboxylic acids is 3. The second-order valence-electron chi connectivity index (χ2n) is 3.94. The Hall–Kier alpha value is -2.11. The van der Waals surface area contributed by atoms with E-state index < -0.39 is 11.9 Å². The second kappa shape index (κ2) is 4.64. The van der Waals surface area contributed by atoms with Gasteiger partial charge in [0.05, 0.1) is 25.5 Å². The van der Waals surface area contributed by atoms with Crippen LogP contribution in [0.4, 0.5) is 0 Å². The van der Waals surface area contributed by atoms with Gasteiger partial charge >= 0.3 is 11.9 Å². The van der Waals surface area contributed by atoms with Crippen LogP contribution in [0.2, 0.25) is 0 Å². The summed E-state index contributed by atoms with van der Waals surface area (Å²) >= 11 is 0. The molecule has 2 heterocycles. The zero-order valence-corrected chi connectivity index (χ0v) is 10.2. The van der Waals surface area contributed by atoms with E-state index >= 15 is 0 Å². The number of hydrogen-bond donors (Lipinski definition) is 0. The summed E-state index contributed by atoms with van der Waals surface area (Å²) in [4.78, 5) is 34.7. The minimum Gasteiger partial charge on any atom is -0.465 e. The van der Waals surface area contributed by atoms with Crippen molar-refractivity contribution < 1.29 is 23.9 Å². The molecular weight excluding hydrogens is 238 g/mol. The molecule has 0 N–H and O–H groups in total. The first kappa shape index (κ1) is 12.3. The molecule has 0 atom stereocenters. The van der Waals surface area contributed by atoms with Gasteiger partial charge < -0.3 is 14.0 Å². The quantitative estimate of drug-likeness (QED) is 0.587. The highest BCUT2D eigenvalue weighted by Gasteiger charge is 2.33. The fraction of sp³-hybridized carbons (Fsp3) is 0.417. The molecular formula is C12H13NO5. The molecule has 1 aliphatic rings. The summed E-state index contributed by atoms with van der Waals surface area (Å²) in [6.07, 6.45) is 2.05. The first-order valence-electron chi connectivity index (χ1n) is 5.52. The highest BCUT2D eigenvalue weighted by atomic mass is 16.5. The molecule has 0 amide bonds. The molecule has 0 saturated carbocycles. The van der Waals surface area contributed by atoms with E-state index in [1.54, 1.807) is 4.57 Å². The maximum Gasteiger partial charge on any atom is 0.341 e. The van der Waals surface area contributed by atoms with Crippen molar-refractivity contribution in [2.45, 2.75) is 19.4 Å². The molecule has 1 aromatic heterocycles. The molecule has 0 saturated heterocycles. The molecule has 0 bridgehead atoms. The van der Waals surface area contributed by atoms with E-state index in [9.17, 15) is 14.4 Å². The van der Waals surface area contributed by atoms with E-state index in [1.165, 1.54) is 14.2 Å². The summed E-state index contributed by atoms with van der Waals surface area (Å²) in [5.74, 6) is -1.31. The number of methoxy groups -OCH3 is 2. The maximum absolute atomic E-state index is 11.8. The Kier molecular flexibility index (Phi) is 3.18. The molecule has 96 valence electrons. The summed E-state index contributed by atoms with van der Waals surface area (Å²) in [5, 5.41) is 0. The van der Waals surface area contributed by atoms with E-state index in [4.69, 9.17) is 0 Å². The molecule has 18 heavy (non-hydrogen) atoms. The lowest BCUT2D eigenvalue weighted by atomic mass is 10.1. The third-order valence-electron chi connectivity index (χ3n) is 3.10. The van der Waals surface area contributed by atoms with Gasteiger partial charge in [-0.2, -0.15) is 0 Å². The van der Waals surface area contributed by atoms with Crippen LogP contribution in [-0.4, -0.2) is 37.0 Å². The predicted molar refractivity (Wildman–Crippen MR) is 60.8 cm³/mol. The van der Waals surface area contributed by atoms with Gasteiger partial charge in [-0.1, -0.05) is 0 Å². The molecule has 0 spiro atoms. The average molecular weight is 251 g/mol. The number of carbonyl (C=O) groups is 3. The standard InChI is InChI=1S/C12H13NO5/c1-17-11(15)9-7-4-3-5-13(7)8(6-14)10(9)12(16)18-2/h6H,3-5H2,1-2H3. The number of ether oxygens (including phenoxy) is 2. The van der Waals surface area contributed by atoms with E-state index in [-0.39, 0.29) is 16.8 Å². The zero-order chi connectivity index (χ0) is 13.3. The summed E-state index contributed by atoms with van der Waals surface area (Å²) in [6, 6.07) is 0. The van der Waals surface area contributed by atoms with Gasteiger partial charge in [0.15, 0.2) is 6.29 Å². The Labute approximate surface area is 103 Å². The predicted octanol–water partition coefficient (Wildman–Crippen LogP) is 0.820. The van der Waals surface area contributed by atoms with E-state index in [0.29, 0.717) is 24.9 Å². The molecule has 0 radical (unpaired) electrons. The molecule has 6 nitrogen and oxygen atoms in total. The van der Waals surface area contributed by atoms with Crippen molar-refractivity contribution in [1.29, 1.82) is 0 Å². The molecule has 1 aromatic rings. The first-order valence-corrected chi connectivity index (χ1v) is 5.52. The lowest BCUT2D eigenvalue weighted by Crippen LogP contribution is -2.13. The zero-order valence-electron chi connectivity index (χ0n) is 10.2. The normalized spacial score (nSPS) is 13.0. The van der Waals surface area contributed by atoms with E-state index in [1.807, 2.05) is 0 Å². The summed E-state index contributed by atoms with van der Waals surface area (Å²) in [5.41, 5.74) is 1.03. The highest BCUT2D eigenvalue weighted by Crippen LogP contribution is 2.29. The smallest absolute Gasteiger partial charge is 0.341 e. The molecule has 1 aliphatic heterocycles. The molecule has 6 heteroatoms. The monoisotopic (exact) mass is 251 g/mol. The van der Waals surface area contributed by atoms with Gasteiger partial charge in [0.25, 0.3) is 0 Å². The summed E-state index contributed by atoms with van der Waals surface area (Å²) < 4.78 is 11.0. The lowest BCUT2D eigenvalue weighted by molar-refractivity contribution is 0.0554. The van der Waals surface area contributed by atoms with Gasteiger partial charge in [-0.3, -0.25) is 4.79 Å². The van der Waals surface area contributed by atoms with Crippen molar-refractivity contribution in [1.82, 2.24) is 4.57 Å². The molecule has 0 unspecified atom stereocenters. The van der Waals surface area contributed by atoms with Gasteiger partial charge in [0.1, 0.15) is 5.56 Å². The second-order valence-corrected chi connectivity index (χ2v) is 3.94. The minimum absolute atomic E-state index is 0.00838. The topological polar surface area (TPSA) is 74.6 Å². The van der Waals surface area contributed by atoms with E-state index in [2.05, 4.69) is 9.47 Å². The van der Waals surface area contributed by atoms with Crippen molar-refractivity contribution in [2.75, 3.05) is 14.2 Å². The Morgan fingerprint density at radius 3 is 2.33 bits per heavy atom. The third-order valence-corrected chi connectivity index (χ3v) is 3.10. The maximum atomic E-state index is 11.8. The Bertz CT molecular complexity index is 529. The van der Waals surface area contributed by atoms with Gasteiger partial charge in [0.2, 0.25) is 0 Å². The molecule has 2 rings (SSSR count). The van der Waals surface area contributed by atoms with Crippen molar-refractivity contribution >= 4 is 18.2 Å². The van der Waals surface area contributed by atoms with Crippen LogP contribution in [0.3, 0.4) is 0 Å². The van der Waals surface area contributed by atoms with Crippen LogP contribution in [0.5, 0.6) is 0 Å². The number of aromatic nitrogens is 1. The van der Waals surface area contributed by atoms with Crippen LogP contribution >= 0.6 is 0 Å². The van der Waals surface area contributed by atoms with Crippen LogP contribution in [0.25, 0.3) is 0 Å². The van der Waals surface area contributed by atoms with Crippen LogP contribution in [0, 0.1) is 0 Å². The largest absolute Gasteiger partial charge is 0.465 e. The van der Waals surface area contributed by atoms with Crippen molar-refractivity contribution in [3.05, 3.63) is 22.5 Å². The lowest BCUT2D eigenvalue weighted by Gasteiger charge is -2.03. The van der Waals surface area contributed by atoms with Crippen LogP contribution < -0.4 is 0 Å². The number of esters is 2. The minimum atomic E-state index is -0.695. The van der Waals surface area contributed by atoms with Crippen molar-refractivity contribution in [2.24, 2.45) is 0 Å². The Morgan fingerprint density at radius 2 is 1.78 bits per heavy atom. The highest BCUT2D eigenvalue weighted by molar-refractivity contribution is 6.09. The number of rotatable bonds is 3. The number of aldehydes is 1. The van der Waals surface area contributed by atoms with Crippen molar-refractivity contribution in [3.8, 4) is 0 Å². The Balaban J connectivity index is 2.72. The van der Waals surface area contributed by atoms with Crippen molar-refractivity contribution in [3.63, 3.8) is 0 Å². The number of nitrogens with zero attached hydrogens (tertiary/aromatic N) is 1. The van der Waals surface area contributed by atoms with Crippen LogP contribution in [0.15, 0.2) is 0 Å². The van der Waals surface area contributed by atoms with Gasteiger partial charge in [-0.25, -0.2) is 9.59 Å². The van der Waals surface area contributed by atoms with E-state index in [0.717, 1.165) is 6.42 Å². The molecule has 0 aromatic carbocycles. The van der Waals surface area contributed by atoms with Gasteiger partial charge in [-0.05, 0) is 12.8 Å². The van der Waals surface area contributed by atoms with Gasteiger partial charge in [-0.15, -0.1) is 0 Å². The van der Waals surface area contributed by atoms with Crippen LogP contribution in [0.1, 0.15) is 43.3 Å². The number of fused-ring (bicyclic) bond motifs is 1. The summed E-state index contributed by atoms with van der Waals surface area (Å²) in [7, 11) is 2.45. The molecule has 0 fully saturated rings. The summed E-state index contributed by atoms with van der Waals surface area (Å²) in [6.45, 7) is 0.615. The fourth-order valence-electron chi connectivity index (χ4n) is 2.36.